The molecule has 0 bridgehead atoms. The number of nitrogens with zero attached hydrogens (tertiary/aromatic N) is 1. The standard InChI is InChI=1S/C16H19N3OS/c17-16(15-2-1-9-21-15)19-12-4-3-11-5-7-18-14(6-8-20)13(11)10-12/h1-4,9-10,14,18,20H,5-8H2,(H2,17,19). The Morgan fingerprint density at radius 1 is 1.43 bits per heavy atom. The minimum atomic E-state index is 0.182. The van der Waals surface area contributed by atoms with Crippen LogP contribution in [0.25, 0.3) is 0 Å². The number of benzene rings is 1. The summed E-state index contributed by atoms with van der Waals surface area (Å²) in [7, 11) is 0. The molecule has 2 aromatic rings. The molecule has 1 aliphatic rings. The highest BCUT2D eigenvalue weighted by molar-refractivity contribution is 7.12. The summed E-state index contributed by atoms with van der Waals surface area (Å²) in [6.07, 6.45) is 1.74. The van der Waals surface area contributed by atoms with Gasteiger partial charge in [-0.1, -0.05) is 12.1 Å². The highest BCUT2D eigenvalue weighted by atomic mass is 32.1. The average molecular weight is 301 g/mol. The fourth-order valence-electron chi connectivity index (χ4n) is 2.70. The summed E-state index contributed by atoms with van der Waals surface area (Å²) < 4.78 is 0. The summed E-state index contributed by atoms with van der Waals surface area (Å²) in [5, 5.41) is 14.6. The van der Waals surface area contributed by atoms with Crippen LogP contribution in [-0.4, -0.2) is 24.1 Å². The summed E-state index contributed by atoms with van der Waals surface area (Å²) in [4.78, 5) is 5.50. The highest BCUT2D eigenvalue weighted by Gasteiger charge is 2.19. The van der Waals surface area contributed by atoms with Gasteiger partial charge in [0.1, 0.15) is 5.84 Å². The van der Waals surface area contributed by atoms with Crippen LogP contribution in [0, 0.1) is 0 Å². The van der Waals surface area contributed by atoms with E-state index < -0.39 is 0 Å². The normalized spacial score (nSPS) is 18.5. The van der Waals surface area contributed by atoms with E-state index in [0.29, 0.717) is 5.84 Å². The zero-order valence-corrected chi connectivity index (χ0v) is 12.6. The predicted molar refractivity (Wildman–Crippen MR) is 87.3 cm³/mol. The quantitative estimate of drug-likeness (QED) is 0.600. The van der Waals surface area contributed by atoms with Gasteiger partial charge in [-0.15, -0.1) is 11.3 Å². The van der Waals surface area contributed by atoms with Gasteiger partial charge < -0.3 is 16.2 Å². The second-order valence-corrected chi connectivity index (χ2v) is 6.07. The van der Waals surface area contributed by atoms with Crippen molar-refractivity contribution < 1.29 is 5.11 Å². The minimum absolute atomic E-state index is 0.182. The van der Waals surface area contributed by atoms with Crippen molar-refractivity contribution in [2.45, 2.75) is 18.9 Å². The molecule has 1 atom stereocenters. The molecule has 2 heterocycles. The van der Waals surface area contributed by atoms with Crippen molar-refractivity contribution in [2.75, 3.05) is 13.2 Å². The number of fused-ring (bicyclic) bond motifs is 1. The number of nitrogens with two attached hydrogens (primary N) is 1. The number of nitrogens with one attached hydrogen (secondary N) is 1. The van der Waals surface area contributed by atoms with Crippen LogP contribution in [-0.2, 0) is 6.42 Å². The second kappa shape index (κ2) is 6.39. The summed E-state index contributed by atoms with van der Waals surface area (Å²) in [5.74, 6) is 0.549. The first kappa shape index (κ1) is 14.3. The third-order valence-electron chi connectivity index (χ3n) is 3.73. The zero-order chi connectivity index (χ0) is 14.7. The first-order chi connectivity index (χ1) is 10.3. The summed E-state index contributed by atoms with van der Waals surface area (Å²) in [6.45, 7) is 1.14. The summed E-state index contributed by atoms with van der Waals surface area (Å²) in [5.41, 5.74) is 9.48. The van der Waals surface area contributed by atoms with E-state index in [1.807, 2.05) is 23.6 Å². The SMILES string of the molecule is NC(=Nc1ccc2c(c1)C(CCO)NCC2)c1cccs1. The van der Waals surface area contributed by atoms with Gasteiger partial charge in [-0.2, -0.15) is 0 Å². The van der Waals surface area contributed by atoms with Gasteiger partial charge in [-0.25, -0.2) is 4.99 Å². The molecule has 5 heteroatoms. The predicted octanol–water partition coefficient (Wildman–Crippen LogP) is 2.35. The Bertz CT molecular complexity index is 637. The van der Waals surface area contributed by atoms with Crippen molar-refractivity contribution in [1.29, 1.82) is 0 Å². The number of hydrogen-bond donors (Lipinski definition) is 3. The molecule has 0 spiro atoms. The molecule has 4 N–H and O–H groups in total. The largest absolute Gasteiger partial charge is 0.396 e. The molecule has 21 heavy (non-hydrogen) atoms. The molecule has 1 aliphatic heterocycles. The third-order valence-corrected chi connectivity index (χ3v) is 4.62. The van der Waals surface area contributed by atoms with Gasteiger partial charge in [0, 0.05) is 12.6 Å². The van der Waals surface area contributed by atoms with Gasteiger partial charge in [0.2, 0.25) is 0 Å². The number of rotatable bonds is 4. The molecule has 3 rings (SSSR count). The first-order valence-corrected chi connectivity index (χ1v) is 8.01. The highest BCUT2D eigenvalue weighted by Crippen LogP contribution is 2.29. The number of thiophene rings is 1. The molecule has 0 aliphatic carbocycles. The van der Waals surface area contributed by atoms with E-state index in [1.54, 1.807) is 11.3 Å². The van der Waals surface area contributed by atoms with Crippen LogP contribution in [0.2, 0.25) is 0 Å². The Hall–Kier alpha value is -1.69. The van der Waals surface area contributed by atoms with Crippen molar-refractivity contribution in [2.24, 2.45) is 10.7 Å². The van der Waals surface area contributed by atoms with E-state index in [1.165, 1.54) is 11.1 Å². The Labute approximate surface area is 128 Å². The van der Waals surface area contributed by atoms with Crippen molar-refractivity contribution in [1.82, 2.24) is 5.32 Å². The monoisotopic (exact) mass is 301 g/mol. The molecule has 1 aromatic carbocycles. The fourth-order valence-corrected chi connectivity index (χ4v) is 3.33. The molecule has 0 saturated carbocycles. The van der Waals surface area contributed by atoms with Crippen molar-refractivity contribution in [3.8, 4) is 0 Å². The molecule has 0 radical (unpaired) electrons. The lowest BCUT2D eigenvalue weighted by Crippen LogP contribution is -2.30. The van der Waals surface area contributed by atoms with E-state index in [2.05, 4.69) is 22.4 Å². The van der Waals surface area contributed by atoms with E-state index >= 15 is 0 Å². The van der Waals surface area contributed by atoms with Gasteiger partial charge in [-0.3, -0.25) is 0 Å². The number of aliphatic hydroxyl groups is 1. The third kappa shape index (κ3) is 3.15. The van der Waals surface area contributed by atoms with E-state index in [4.69, 9.17) is 5.73 Å². The number of hydrogen-bond acceptors (Lipinski definition) is 4. The maximum Gasteiger partial charge on any atom is 0.141 e. The topological polar surface area (TPSA) is 70.6 Å². The van der Waals surface area contributed by atoms with E-state index in [-0.39, 0.29) is 12.6 Å². The Kier molecular flexibility index (Phi) is 4.34. The molecule has 1 unspecified atom stereocenters. The van der Waals surface area contributed by atoms with Crippen LogP contribution in [0.5, 0.6) is 0 Å². The molecule has 0 amide bonds. The van der Waals surface area contributed by atoms with E-state index in [0.717, 1.165) is 30.0 Å². The van der Waals surface area contributed by atoms with Gasteiger partial charge >= 0.3 is 0 Å². The Morgan fingerprint density at radius 3 is 3.10 bits per heavy atom. The summed E-state index contributed by atoms with van der Waals surface area (Å²) >= 11 is 1.59. The lowest BCUT2D eigenvalue weighted by Gasteiger charge is -2.26. The van der Waals surface area contributed by atoms with Gasteiger partial charge in [-0.05, 0) is 54.1 Å². The molecule has 110 valence electrons. The van der Waals surface area contributed by atoms with Crippen molar-refractivity contribution in [3.63, 3.8) is 0 Å². The number of aliphatic imine (C=N–C) groups is 1. The maximum atomic E-state index is 9.20. The van der Waals surface area contributed by atoms with Crippen molar-refractivity contribution in [3.05, 3.63) is 51.7 Å². The fraction of sp³-hybridized carbons (Fsp3) is 0.312. The van der Waals surface area contributed by atoms with Crippen LogP contribution < -0.4 is 11.1 Å². The second-order valence-electron chi connectivity index (χ2n) is 5.13. The lowest BCUT2D eigenvalue weighted by atomic mass is 9.92. The van der Waals surface area contributed by atoms with Crippen LogP contribution in [0.4, 0.5) is 5.69 Å². The Morgan fingerprint density at radius 2 is 2.33 bits per heavy atom. The molecule has 1 aromatic heterocycles. The first-order valence-electron chi connectivity index (χ1n) is 7.13. The lowest BCUT2D eigenvalue weighted by molar-refractivity contribution is 0.263. The summed E-state index contributed by atoms with van der Waals surface area (Å²) in [6, 6.07) is 10.4. The molecule has 0 fully saturated rings. The average Bonchev–Trinajstić information content (AvgIpc) is 3.02. The zero-order valence-electron chi connectivity index (χ0n) is 11.7. The smallest absolute Gasteiger partial charge is 0.141 e. The van der Waals surface area contributed by atoms with Crippen LogP contribution >= 0.6 is 11.3 Å². The van der Waals surface area contributed by atoms with Gasteiger partial charge in [0.25, 0.3) is 0 Å². The van der Waals surface area contributed by atoms with Crippen LogP contribution in [0.15, 0.2) is 40.7 Å². The number of amidine groups is 1. The van der Waals surface area contributed by atoms with Crippen LogP contribution in [0.3, 0.4) is 0 Å². The molecule has 4 nitrogen and oxygen atoms in total. The number of aliphatic hydroxyl groups excluding tert-OH is 1. The van der Waals surface area contributed by atoms with E-state index in [9.17, 15) is 5.11 Å². The molecular weight excluding hydrogens is 282 g/mol. The molecule has 0 saturated heterocycles. The van der Waals surface area contributed by atoms with Gasteiger partial charge in [0.15, 0.2) is 0 Å². The maximum absolute atomic E-state index is 9.20. The Balaban J connectivity index is 1.91. The van der Waals surface area contributed by atoms with Gasteiger partial charge in [0.05, 0.1) is 10.6 Å². The molecular formula is C16H19N3OS. The minimum Gasteiger partial charge on any atom is -0.396 e. The van der Waals surface area contributed by atoms with Crippen LogP contribution in [0.1, 0.15) is 28.5 Å². The van der Waals surface area contributed by atoms with Crippen molar-refractivity contribution >= 4 is 22.9 Å².